The van der Waals surface area contributed by atoms with Crippen molar-refractivity contribution in [2.24, 2.45) is 0 Å². The number of hydrogen-bond donors (Lipinski definition) is 2. The highest BCUT2D eigenvalue weighted by molar-refractivity contribution is 7.80. The van der Waals surface area contributed by atoms with Crippen molar-refractivity contribution in [2.45, 2.75) is 19.4 Å². The molecule has 20 heavy (non-hydrogen) atoms. The number of ether oxygens (including phenoxy) is 2. The smallest absolute Gasteiger partial charge is 0.413 e. The Labute approximate surface area is 122 Å². The lowest BCUT2D eigenvalue weighted by Crippen LogP contribution is -2.34. The van der Waals surface area contributed by atoms with E-state index in [0.29, 0.717) is 5.82 Å². The van der Waals surface area contributed by atoms with E-state index < -0.39 is 6.09 Å². The van der Waals surface area contributed by atoms with Crippen LogP contribution in [0.2, 0.25) is 0 Å². The molecule has 1 aromatic rings. The van der Waals surface area contributed by atoms with Gasteiger partial charge in [0.2, 0.25) is 0 Å². The number of alkyl carbamates (subject to hydrolysis) is 1. The van der Waals surface area contributed by atoms with Gasteiger partial charge in [-0.2, -0.15) is 0 Å². The van der Waals surface area contributed by atoms with E-state index in [-0.39, 0.29) is 17.8 Å². The lowest BCUT2D eigenvalue weighted by molar-refractivity contribution is 0.158. The number of carbonyl (C=O) groups is 1. The average Bonchev–Trinajstić information content (AvgIpc) is 2.92. The molecule has 0 aromatic carbocycles. The number of pyridine rings is 1. The highest BCUT2D eigenvalue weighted by Crippen LogP contribution is 2.25. The molecule has 1 aromatic heterocycles. The quantitative estimate of drug-likeness (QED) is 0.834. The van der Waals surface area contributed by atoms with E-state index in [1.165, 1.54) is 0 Å². The largest absolute Gasteiger partial charge is 0.492 e. The Bertz CT molecular complexity index is 525. The molecule has 0 spiro atoms. The number of amides is 1. The van der Waals surface area contributed by atoms with Crippen LogP contribution in [0.1, 0.15) is 25.1 Å². The molecule has 0 saturated carbocycles. The summed E-state index contributed by atoms with van der Waals surface area (Å²) in [4.78, 5) is 15.6. The molecule has 0 bridgehead atoms. The second-order valence-corrected chi connectivity index (χ2v) is 4.39. The van der Waals surface area contributed by atoms with Crippen LogP contribution >= 0.6 is 12.2 Å². The Morgan fingerprint density at radius 3 is 3.15 bits per heavy atom. The van der Waals surface area contributed by atoms with Crippen LogP contribution in [0.3, 0.4) is 0 Å². The first kappa shape index (κ1) is 14.3. The maximum atomic E-state index is 11.2. The summed E-state index contributed by atoms with van der Waals surface area (Å²) in [5.41, 5.74) is 0.805. The Morgan fingerprint density at radius 2 is 2.45 bits per heavy atom. The SMILES string of the molecule is CCOC(=O)NC(=S)Nc1cccc(C2CC=CO2)n1. The summed E-state index contributed by atoms with van der Waals surface area (Å²) in [7, 11) is 0. The van der Waals surface area contributed by atoms with Gasteiger partial charge >= 0.3 is 6.09 Å². The zero-order valence-corrected chi connectivity index (χ0v) is 11.8. The predicted molar refractivity (Wildman–Crippen MR) is 78.2 cm³/mol. The standard InChI is InChI=1S/C13H15N3O3S/c1-2-18-13(17)16-12(20)15-11-7-3-5-9(14-11)10-6-4-8-19-10/h3-5,7-8,10H,2,6H2,1H3,(H2,14,15,16,17,20). The number of aromatic nitrogens is 1. The second-order valence-electron chi connectivity index (χ2n) is 3.98. The molecule has 1 aliphatic heterocycles. The van der Waals surface area contributed by atoms with Gasteiger partial charge in [0.05, 0.1) is 18.6 Å². The Balaban J connectivity index is 1.94. The number of thiocarbonyl (C=S) groups is 1. The third-order valence-electron chi connectivity index (χ3n) is 2.52. The second kappa shape index (κ2) is 6.85. The van der Waals surface area contributed by atoms with Crippen molar-refractivity contribution >= 4 is 29.2 Å². The molecule has 0 saturated heterocycles. The first-order chi connectivity index (χ1) is 9.69. The minimum atomic E-state index is -0.593. The normalized spacial score (nSPS) is 16.4. The number of hydrogen-bond acceptors (Lipinski definition) is 5. The van der Waals surface area contributed by atoms with E-state index >= 15 is 0 Å². The zero-order valence-electron chi connectivity index (χ0n) is 11.0. The molecule has 2 N–H and O–H groups in total. The molecule has 2 heterocycles. The summed E-state index contributed by atoms with van der Waals surface area (Å²) < 4.78 is 10.1. The number of nitrogens with one attached hydrogen (secondary N) is 2. The van der Waals surface area contributed by atoms with Gasteiger partial charge in [-0.15, -0.1) is 0 Å². The summed E-state index contributed by atoms with van der Waals surface area (Å²) in [5, 5.41) is 5.36. The molecule has 0 radical (unpaired) electrons. The van der Waals surface area contributed by atoms with Crippen molar-refractivity contribution in [3.63, 3.8) is 0 Å². The molecule has 0 fully saturated rings. The maximum absolute atomic E-state index is 11.2. The monoisotopic (exact) mass is 293 g/mol. The molecule has 1 unspecified atom stereocenters. The van der Waals surface area contributed by atoms with Gasteiger partial charge in [0.15, 0.2) is 5.11 Å². The zero-order chi connectivity index (χ0) is 14.4. The number of anilines is 1. The van der Waals surface area contributed by atoms with Crippen LogP contribution in [0.15, 0.2) is 30.5 Å². The topological polar surface area (TPSA) is 72.5 Å². The van der Waals surface area contributed by atoms with E-state index in [0.717, 1.165) is 12.1 Å². The fourth-order valence-electron chi connectivity index (χ4n) is 1.68. The summed E-state index contributed by atoms with van der Waals surface area (Å²) in [6, 6.07) is 5.48. The fraction of sp³-hybridized carbons (Fsp3) is 0.308. The summed E-state index contributed by atoms with van der Waals surface area (Å²) >= 11 is 5.00. The molecular formula is C13H15N3O3S. The molecule has 7 heteroatoms. The van der Waals surface area contributed by atoms with Gasteiger partial charge in [-0.1, -0.05) is 6.07 Å². The van der Waals surface area contributed by atoms with Crippen molar-refractivity contribution in [3.05, 3.63) is 36.2 Å². The van der Waals surface area contributed by atoms with Gasteiger partial charge in [-0.05, 0) is 37.4 Å². The molecule has 1 atom stereocenters. The number of carbonyl (C=O) groups excluding carboxylic acids is 1. The highest BCUT2D eigenvalue weighted by Gasteiger charge is 2.16. The van der Waals surface area contributed by atoms with Gasteiger partial charge in [-0.25, -0.2) is 9.78 Å². The van der Waals surface area contributed by atoms with Gasteiger partial charge in [0.1, 0.15) is 11.9 Å². The van der Waals surface area contributed by atoms with E-state index in [9.17, 15) is 4.79 Å². The van der Waals surface area contributed by atoms with E-state index in [1.807, 2.05) is 18.2 Å². The van der Waals surface area contributed by atoms with Gasteiger partial charge < -0.3 is 14.8 Å². The predicted octanol–water partition coefficient (Wildman–Crippen LogP) is 2.50. The van der Waals surface area contributed by atoms with Crippen LogP contribution in [0, 0.1) is 0 Å². The van der Waals surface area contributed by atoms with E-state index in [4.69, 9.17) is 21.7 Å². The summed E-state index contributed by atoms with van der Waals surface area (Å²) in [6.45, 7) is 2.00. The van der Waals surface area contributed by atoms with Crippen LogP contribution in [0.25, 0.3) is 0 Å². The van der Waals surface area contributed by atoms with Crippen LogP contribution < -0.4 is 10.6 Å². The van der Waals surface area contributed by atoms with Crippen LogP contribution in [-0.2, 0) is 9.47 Å². The number of rotatable bonds is 3. The highest BCUT2D eigenvalue weighted by atomic mass is 32.1. The molecule has 0 aliphatic carbocycles. The van der Waals surface area contributed by atoms with Crippen molar-refractivity contribution < 1.29 is 14.3 Å². The minimum Gasteiger partial charge on any atom is -0.492 e. The van der Waals surface area contributed by atoms with Gasteiger partial charge in [0.25, 0.3) is 0 Å². The lowest BCUT2D eigenvalue weighted by atomic mass is 10.2. The van der Waals surface area contributed by atoms with Crippen LogP contribution in [-0.4, -0.2) is 22.8 Å². The molecule has 106 valence electrons. The third kappa shape index (κ3) is 3.92. The van der Waals surface area contributed by atoms with Crippen molar-refractivity contribution in [1.29, 1.82) is 0 Å². The first-order valence-electron chi connectivity index (χ1n) is 6.21. The summed E-state index contributed by atoms with van der Waals surface area (Å²) in [5.74, 6) is 0.541. The molecule has 2 rings (SSSR count). The Hall–Kier alpha value is -2.15. The summed E-state index contributed by atoms with van der Waals surface area (Å²) in [6.07, 6.45) is 3.74. The average molecular weight is 293 g/mol. The Kier molecular flexibility index (Phi) is 4.89. The van der Waals surface area contributed by atoms with Crippen LogP contribution in [0.4, 0.5) is 10.6 Å². The first-order valence-corrected chi connectivity index (χ1v) is 6.62. The lowest BCUT2D eigenvalue weighted by Gasteiger charge is -2.12. The molecule has 1 aliphatic rings. The maximum Gasteiger partial charge on any atom is 0.413 e. The minimum absolute atomic E-state index is 0.0664. The van der Waals surface area contributed by atoms with Gasteiger partial charge in [0, 0.05) is 6.42 Å². The number of nitrogens with zero attached hydrogens (tertiary/aromatic N) is 1. The molecule has 1 amide bonds. The van der Waals surface area contributed by atoms with E-state index in [1.54, 1.807) is 19.3 Å². The fourth-order valence-corrected chi connectivity index (χ4v) is 1.87. The van der Waals surface area contributed by atoms with Gasteiger partial charge in [-0.3, -0.25) is 5.32 Å². The van der Waals surface area contributed by atoms with E-state index in [2.05, 4.69) is 15.6 Å². The molecule has 6 nitrogen and oxygen atoms in total. The van der Waals surface area contributed by atoms with Crippen LogP contribution in [0.5, 0.6) is 0 Å². The molecular weight excluding hydrogens is 278 g/mol. The van der Waals surface area contributed by atoms with Crippen molar-refractivity contribution in [2.75, 3.05) is 11.9 Å². The van der Waals surface area contributed by atoms with Crippen molar-refractivity contribution in [1.82, 2.24) is 10.3 Å². The van der Waals surface area contributed by atoms with Crippen molar-refractivity contribution in [3.8, 4) is 0 Å². The third-order valence-corrected chi connectivity index (χ3v) is 2.73. The Morgan fingerprint density at radius 1 is 1.60 bits per heavy atom.